The minimum absolute atomic E-state index is 0.137. The van der Waals surface area contributed by atoms with E-state index in [4.69, 9.17) is 0 Å². The summed E-state index contributed by atoms with van der Waals surface area (Å²) >= 11 is 0. The zero-order valence-corrected chi connectivity index (χ0v) is 19.7. The van der Waals surface area contributed by atoms with Crippen LogP contribution in [0.4, 0.5) is 23.2 Å². The summed E-state index contributed by atoms with van der Waals surface area (Å²) in [4.78, 5) is 20.8. The van der Waals surface area contributed by atoms with Gasteiger partial charge in [0, 0.05) is 42.7 Å². The Morgan fingerprint density at radius 1 is 1.08 bits per heavy atom. The van der Waals surface area contributed by atoms with Gasteiger partial charge in [0.25, 0.3) is 5.91 Å². The van der Waals surface area contributed by atoms with Crippen molar-refractivity contribution >= 4 is 11.6 Å². The van der Waals surface area contributed by atoms with Crippen LogP contribution in [-0.2, 0) is 17.5 Å². The summed E-state index contributed by atoms with van der Waals surface area (Å²) in [5.41, 5.74) is 1.55. The van der Waals surface area contributed by atoms with Gasteiger partial charge >= 0.3 is 6.18 Å². The van der Waals surface area contributed by atoms with Gasteiger partial charge in [-0.3, -0.25) is 19.6 Å². The molecule has 0 N–H and O–H groups in total. The molecule has 5 rings (SSSR count). The van der Waals surface area contributed by atoms with E-state index < -0.39 is 17.3 Å². The van der Waals surface area contributed by atoms with E-state index in [0.717, 1.165) is 29.9 Å². The average molecular weight is 496 g/mol. The lowest BCUT2D eigenvalue weighted by molar-refractivity contribution is -0.137. The third-order valence-corrected chi connectivity index (χ3v) is 7.07. The summed E-state index contributed by atoms with van der Waals surface area (Å²) in [6.45, 7) is 3.50. The van der Waals surface area contributed by atoms with Crippen molar-refractivity contribution in [1.82, 2.24) is 9.88 Å². The van der Waals surface area contributed by atoms with Crippen molar-refractivity contribution in [2.75, 3.05) is 11.4 Å². The molecule has 2 aliphatic rings. The van der Waals surface area contributed by atoms with E-state index in [1.807, 2.05) is 30.3 Å². The number of hydrogen-bond donors (Lipinski definition) is 0. The van der Waals surface area contributed by atoms with E-state index in [2.05, 4.69) is 16.8 Å². The SMILES string of the molecule is C[C@@H]1C[C@]2(C=CC(=O)N2c2cccc(F)c2)CCN1Cc1cccc(-c2ccc(C(F)(F)F)cn2)c1. The van der Waals surface area contributed by atoms with Crippen molar-refractivity contribution in [3.63, 3.8) is 0 Å². The first kappa shape index (κ1) is 24.2. The van der Waals surface area contributed by atoms with Crippen molar-refractivity contribution in [2.45, 2.75) is 44.1 Å². The number of amides is 1. The van der Waals surface area contributed by atoms with Crippen LogP contribution < -0.4 is 4.90 Å². The van der Waals surface area contributed by atoms with E-state index >= 15 is 0 Å². The number of aromatic nitrogens is 1. The number of likely N-dealkylation sites (tertiary alicyclic amines) is 1. The monoisotopic (exact) mass is 495 g/mol. The van der Waals surface area contributed by atoms with Crippen molar-refractivity contribution in [3.8, 4) is 11.3 Å². The lowest BCUT2D eigenvalue weighted by atomic mass is 9.82. The summed E-state index contributed by atoms with van der Waals surface area (Å²) in [6, 6.07) is 16.3. The second kappa shape index (κ2) is 9.17. The molecule has 0 aliphatic carbocycles. The minimum atomic E-state index is -4.42. The number of rotatable bonds is 4. The number of piperidine rings is 1. The molecular formula is C28H25F4N3O. The Balaban J connectivity index is 1.31. The molecule has 1 aromatic heterocycles. The standard InChI is InChI=1S/C28H25F4N3O/c1-19-16-27(11-10-26(36)35(27)24-7-3-6-23(29)15-24)12-13-34(19)18-20-4-2-5-21(14-20)25-9-8-22(17-33-25)28(30,31)32/h2-11,14-15,17,19H,12-13,16,18H2,1H3/t19-,27+/m1/s1. The number of pyridine rings is 1. The van der Waals surface area contributed by atoms with Crippen LogP contribution in [0.25, 0.3) is 11.3 Å². The van der Waals surface area contributed by atoms with Gasteiger partial charge in [-0.1, -0.05) is 30.3 Å². The number of nitrogens with zero attached hydrogens (tertiary/aromatic N) is 3. The Morgan fingerprint density at radius 3 is 2.58 bits per heavy atom. The molecule has 0 bridgehead atoms. The highest BCUT2D eigenvalue weighted by Gasteiger charge is 2.46. The first-order valence-electron chi connectivity index (χ1n) is 11.8. The van der Waals surface area contributed by atoms with Gasteiger partial charge in [-0.25, -0.2) is 4.39 Å². The van der Waals surface area contributed by atoms with Crippen molar-refractivity contribution in [2.24, 2.45) is 0 Å². The van der Waals surface area contributed by atoms with E-state index in [-0.39, 0.29) is 17.8 Å². The fourth-order valence-corrected chi connectivity index (χ4v) is 5.28. The second-order valence-electron chi connectivity index (χ2n) is 9.49. The van der Waals surface area contributed by atoms with Gasteiger partial charge in [0.2, 0.25) is 0 Å². The first-order chi connectivity index (χ1) is 17.1. The molecule has 1 fully saturated rings. The normalized spacial score (nSPS) is 22.5. The van der Waals surface area contributed by atoms with Crippen LogP contribution >= 0.6 is 0 Å². The highest BCUT2D eigenvalue weighted by Crippen LogP contribution is 2.41. The molecule has 1 amide bonds. The van der Waals surface area contributed by atoms with Gasteiger partial charge in [-0.2, -0.15) is 13.2 Å². The summed E-state index contributed by atoms with van der Waals surface area (Å²) < 4.78 is 52.5. The van der Waals surface area contributed by atoms with Gasteiger partial charge in [-0.15, -0.1) is 0 Å². The Hall–Kier alpha value is -3.52. The van der Waals surface area contributed by atoms with Crippen molar-refractivity contribution in [1.29, 1.82) is 0 Å². The molecule has 4 nitrogen and oxygen atoms in total. The third kappa shape index (κ3) is 4.65. The van der Waals surface area contributed by atoms with Gasteiger partial charge in [0.05, 0.1) is 16.8 Å². The van der Waals surface area contributed by atoms with Crippen molar-refractivity contribution < 1.29 is 22.4 Å². The fourth-order valence-electron chi connectivity index (χ4n) is 5.28. The molecule has 0 radical (unpaired) electrons. The summed E-state index contributed by atoms with van der Waals surface area (Å²) in [5.74, 6) is -0.520. The Labute approximate surface area is 206 Å². The van der Waals surface area contributed by atoms with Crippen LogP contribution in [0.2, 0.25) is 0 Å². The number of carbonyl (C=O) groups excluding carboxylic acids is 1. The maximum Gasteiger partial charge on any atom is 0.417 e. The summed E-state index contributed by atoms with van der Waals surface area (Å²) in [7, 11) is 0. The molecule has 2 aliphatic heterocycles. The van der Waals surface area contributed by atoms with Crippen LogP contribution in [0.1, 0.15) is 30.9 Å². The van der Waals surface area contributed by atoms with Crippen LogP contribution in [0.3, 0.4) is 0 Å². The van der Waals surface area contributed by atoms with E-state index in [1.165, 1.54) is 18.2 Å². The molecule has 3 aromatic rings. The molecule has 2 atom stereocenters. The molecule has 1 saturated heterocycles. The Morgan fingerprint density at radius 2 is 1.89 bits per heavy atom. The van der Waals surface area contributed by atoms with Crippen LogP contribution in [0.5, 0.6) is 0 Å². The van der Waals surface area contributed by atoms with Crippen LogP contribution in [0, 0.1) is 5.82 Å². The maximum absolute atomic E-state index is 13.9. The van der Waals surface area contributed by atoms with Gasteiger partial charge < -0.3 is 0 Å². The molecule has 2 aromatic carbocycles. The average Bonchev–Trinajstić information content (AvgIpc) is 3.16. The van der Waals surface area contributed by atoms with E-state index in [0.29, 0.717) is 30.8 Å². The largest absolute Gasteiger partial charge is 0.417 e. The smallest absolute Gasteiger partial charge is 0.299 e. The van der Waals surface area contributed by atoms with E-state index in [1.54, 1.807) is 23.1 Å². The predicted octanol–water partition coefficient (Wildman–Crippen LogP) is 6.23. The van der Waals surface area contributed by atoms with Crippen molar-refractivity contribution in [3.05, 3.63) is 96.0 Å². The first-order valence-corrected chi connectivity index (χ1v) is 11.8. The highest BCUT2D eigenvalue weighted by atomic mass is 19.4. The zero-order chi connectivity index (χ0) is 25.5. The number of benzene rings is 2. The van der Waals surface area contributed by atoms with E-state index in [9.17, 15) is 22.4 Å². The van der Waals surface area contributed by atoms with Gasteiger partial charge in [-0.05, 0) is 61.7 Å². The number of carbonyl (C=O) groups is 1. The highest BCUT2D eigenvalue weighted by molar-refractivity contribution is 6.06. The van der Waals surface area contributed by atoms with Crippen LogP contribution in [-0.4, -0.2) is 33.9 Å². The zero-order valence-electron chi connectivity index (χ0n) is 19.7. The Bertz CT molecular complexity index is 1300. The Kier molecular flexibility index (Phi) is 6.16. The quantitative estimate of drug-likeness (QED) is 0.403. The third-order valence-electron chi connectivity index (χ3n) is 7.07. The molecule has 0 saturated carbocycles. The fraction of sp³-hybridized carbons (Fsp3) is 0.286. The molecular weight excluding hydrogens is 470 g/mol. The van der Waals surface area contributed by atoms with Gasteiger partial charge in [0.15, 0.2) is 0 Å². The summed E-state index contributed by atoms with van der Waals surface area (Å²) in [6.07, 6.45) is 1.37. The summed E-state index contributed by atoms with van der Waals surface area (Å²) in [5, 5.41) is 0. The molecule has 1 spiro atoms. The minimum Gasteiger partial charge on any atom is -0.299 e. The predicted molar refractivity (Wildman–Crippen MR) is 130 cm³/mol. The van der Waals surface area contributed by atoms with Gasteiger partial charge in [0.1, 0.15) is 5.82 Å². The lowest BCUT2D eigenvalue weighted by Gasteiger charge is -2.47. The number of hydrogen-bond acceptors (Lipinski definition) is 3. The molecule has 8 heteroatoms. The molecule has 0 unspecified atom stereocenters. The van der Waals surface area contributed by atoms with Crippen LogP contribution in [0.15, 0.2) is 79.0 Å². The number of halogens is 4. The number of anilines is 1. The molecule has 3 heterocycles. The second-order valence-corrected chi connectivity index (χ2v) is 9.49. The number of alkyl halides is 3. The molecule has 186 valence electrons. The maximum atomic E-state index is 13.9. The topological polar surface area (TPSA) is 36.4 Å². The lowest BCUT2D eigenvalue weighted by Crippen LogP contribution is -2.56. The molecule has 36 heavy (non-hydrogen) atoms.